The molecule has 6 heteroatoms. The van der Waals surface area contributed by atoms with Crippen molar-refractivity contribution < 1.29 is 9.47 Å². The molecule has 0 aliphatic rings. The van der Waals surface area contributed by atoms with E-state index in [-0.39, 0.29) is 0 Å². The number of benzene rings is 2. The Kier molecular flexibility index (Phi) is 8.55. The highest BCUT2D eigenvalue weighted by Crippen LogP contribution is 2.38. The topological polar surface area (TPSA) is 30.5 Å². The number of hydrogen-bond acceptors (Lipinski definition) is 3. The van der Waals surface area contributed by atoms with Crippen molar-refractivity contribution in [1.29, 1.82) is 0 Å². The largest absolute Gasteiger partial charge is 0.490 e. The van der Waals surface area contributed by atoms with Crippen molar-refractivity contribution in [3.63, 3.8) is 0 Å². The number of hydrogen-bond donors (Lipinski definition) is 1. The fourth-order valence-electron chi connectivity index (χ4n) is 2.42. The Morgan fingerprint density at radius 3 is 2.54 bits per heavy atom. The molecule has 0 saturated heterocycles. The number of nitrogens with one attached hydrogen (secondary N) is 1. The molecular weight excluding hydrogens is 437 g/mol. The van der Waals surface area contributed by atoms with E-state index in [1.165, 1.54) is 0 Å². The monoisotopic (exact) mass is 459 g/mol. The average Bonchev–Trinajstić information content (AvgIpc) is 2.55. The van der Waals surface area contributed by atoms with Crippen LogP contribution in [0.2, 0.25) is 10.0 Å². The molecule has 0 amide bonds. The Hall–Kier alpha value is -0.940. The molecule has 142 valence electrons. The smallest absolute Gasteiger partial charge is 0.175 e. The molecule has 1 N–H and O–H groups in total. The summed E-state index contributed by atoms with van der Waals surface area (Å²) in [6, 6.07) is 9.44. The third-order valence-electron chi connectivity index (χ3n) is 3.64. The molecule has 2 rings (SSSR count). The van der Waals surface area contributed by atoms with Crippen LogP contribution in [0.4, 0.5) is 0 Å². The quantitative estimate of drug-likeness (QED) is 0.464. The lowest BCUT2D eigenvalue weighted by Crippen LogP contribution is -2.19. The number of rotatable bonds is 9. The Bertz CT molecular complexity index is 738. The van der Waals surface area contributed by atoms with Crippen LogP contribution in [0.1, 0.15) is 31.9 Å². The lowest BCUT2D eigenvalue weighted by atomic mass is 10.1. The van der Waals surface area contributed by atoms with Gasteiger partial charge >= 0.3 is 0 Å². The van der Waals surface area contributed by atoms with Gasteiger partial charge in [-0.3, -0.25) is 0 Å². The fourth-order valence-corrected chi connectivity index (χ4v) is 3.49. The third-order valence-corrected chi connectivity index (χ3v) is 4.81. The molecule has 0 radical (unpaired) electrons. The third kappa shape index (κ3) is 6.34. The van der Waals surface area contributed by atoms with E-state index in [2.05, 4.69) is 41.2 Å². The van der Waals surface area contributed by atoms with Crippen molar-refractivity contribution in [2.75, 3.05) is 13.2 Å². The Morgan fingerprint density at radius 2 is 1.88 bits per heavy atom. The molecular formula is C20H24BrCl2NO2. The van der Waals surface area contributed by atoms with Crippen LogP contribution < -0.4 is 14.8 Å². The van der Waals surface area contributed by atoms with E-state index in [9.17, 15) is 0 Å². The van der Waals surface area contributed by atoms with E-state index in [0.29, 0.717) is 40.7 Å². The first-order valence-corrected chi connectivity index (χ1v) is 10.2. The molecule has 0 heterocycles. The molecule has 0 aromatic heterocycles. The van der Waals surface area contributed by atoms with Crippen LogP contribution >= 0.6 is 39.1 Å². The van der Waals surface area contributed by atoms with Crippen LogP contribution in [-0.4, -0.2) is 13.2 Å². The fraction of sp³-hybridized carbons (Fsp3) is 0.400. The molecule has 0 aliphatic heterocycles. The zero-order valence-electron chi connectivity index (χ0n) is 15.2. The predicted molar refractivity (Wildman–Crippen MR) is 113 cm³/mol. The summed E-state index contributed by atoms with van der Waals surface area (Å²) in [6.45, 7) is 8.97. The van der Waals surface area contributed by atoms with Gasteiger partial charge in [0.2, 0.25) is 0 Å². The van der Waals surface area contributed by atoms with E-state index < -0.39 is 0 Å². The summed E-state index contributed by atoms with van der Waals surface area (Å²) in [5, 5.41) is 4.63. The van der Waals surface area contributed by atoms with Gasteiger partial charge in [-0.2, -0.15) is 0 Å². The molecule has 0 spiro atoms. The van der Waals surface area contributed by atoms with Crippen molar-refractivity contribution in [3.8, 4) is 11.5 Å². The molecule has 0 fully saturated rings. The summed E-state index contributed by atoms with van der Waals surface area (Å²) in [7, 11) is 0. The highest BCUT2D eigenvalue weighted by molar-refractivity contribution is 9.10. The Balaban J connectivity index is 2.15. The molecule has 3 nitrogen and oxygen atoms in total. The standard InChI is InChI=1S/C20H24BrCl2NO2/c1-4-25-19-8-14(11-24-10-13(2)3)7-17(21)20(19)26-12-15-5-6-16(22)9-18(15)23/h5-9,13,24H,4,10-12H2,1-3H3. The van der Waals surface area contributed by atoms with E-state index in [0.717, 1.165) is 28.7 Å². The van der Waals surface area contributed by atoms with Gasteiger partial charge in [0, 0.05) is 22.2 Å². The normalized spacial score (nSPS) is 11.0. The van der Waals surface area contributed by atoms with Crippen molar-refractivity contribution in [1.82, 2.24) is 5.32 Å². The van der Waals surface area contributed by atoms with Gasteiger partial charge < -0.3 is 14.8 Å². The van der Waals surface area contributed by atoms with Crippen molar-refractivity contribution in [2.45, 2.75) is 33.9 Å². The van der Waals surface area contributed by atoms with Crippen molar-refractivity contribution in [2.24, 2.45) is 5.92 Å². The number of halogens is 3. The van der Waals surface area contributed by atoms with Crippen LogP contribution in [-0.2, 0) is 13.2 Å². The van der Waals surface area contributed by atoms with E-state index in [1.807, 2.05) is 19.1 Å². The summed E-state index contributed by atoms with van der Waals surface area (Å²) in [4.78, 5) is 0. The summed E-state index contributed by atoms with van der Waals surface area (Å²) >= 11 is 15.8. The van der Waals surface area contributed by atoms with Crippen LogP contribution in [0.25, 0.3) is 0 Å². The van der Waals surface area contributed by atoms with Crippen LogP contribution in [0.5, 0.6) is 11.5 Å². The van der Waals surface area contributed by atoms with Crippen LogP contribution in [0.3, 0.4) is 0 Å². The maximum Gasteiger partial charge on any atom is 0.175 e. The van der Waals surface area contributed by atoms with Gasteiger partial charge in [0.25, 0.3) is 0 Å². The van der Waals surface area contributed by atoms with Crippen LogP contribution in [0, 0.1) is 5.92 Å². The second-order valence-electron chi connectivity index (χ2n) is 6.39. The molecule has 0 bridgehead atoms. The molecule has 26 heavy (non-hydrogen) atoms. The van der Waals surface area contributed by atoms with E-state index >= 15 is 0 Å². The van der Waals surface area contributed by atoms with E-state index in [1.54, 1.807) is 12.1 Å². The van der Waals surface area contributed by atoms with Crippen LogP contribution in [0.15, 0.2) is 34.8 Å². The molecule has 0 saturated carbocycles. The van der Waals surface area contributed by atoms with E-state index in [4.69, 9.17) is 32.7 Å². The Morgan fingerprint density at radius 1 is 1.12 bits per heavy atom. The van der Waals surface area contributed by atoms with Gasteiger partial charge in [-0.25, -0.2) is 0 Å². The minimum atomic E-state index is 0.333. The first-order valence-electron chi connectivity index (χ1n) is 8.63. The summed E-state index contributed by atoms with van der Waals surface area (Å²) in [5.41, 5.74) is 2.01. The maximum atomic E-state index is 6.23. The summed E-state index contributed by atoms with van der Waals surface area (Å²) in [6.07, 6.45) is 0. The van der Waals surface area contributed by atoms with Gasteiger partial charge in [-0.1, -0.05) is 43.1 Å². The maximum absolute atomic E-state index is 6.23. The first-order chi connectivity index (χ1) is 12.4. The van der Waals surface area contributed by atoms with Gasteiger partial charge in [0.05, 0.1) is 11.1 Å². The van der Waals surface area contributed by atoms with Crippen molar-refractivity contribution in [3.05, 3.63) is 56.0 Å². The molecule has 0 aliphatic carbocycles. The average molecular weight is 461 g/mol. The minimum Gasteiger partial charge on any atom is -0.490 e. The lowest BCUT2D eigenvalue weighted by Gasteiger charge is -2.16. The highest BCUT2D eigenvalue weighted by Gasteiger charge is 2.13. The predicted octanol–water partition coefficient (Wildman–Crippen LogP) is 6.48. The SMILES string of the molecule is CCOc1cc(CNCC(C)C)cc(Br)c1OCc1ccc(Cl)cc1Cl. The van der Waals surface area contributed by atoms with Gasteiger partial charge in [-0.15, -0.1) is 0 Å². The molecule has 0 unspecified atom stereocenters. The highest BCUT2D eigenvalue weighted by atomic mass is 79.9. The second-order valence-corrected chi connectivity index (χ2v) is 8.09. The Labute approximate surface area is 174 Å². The zero-order valence-corrected chi connectivity index (χ0v) is 18.3. The molecule has 2 aromatic rings. The molecule has 0 atom stereocenters. The first kappa shape index (κ1) is 21.4. The van der Waals surface area contributed by atoms with Gasteiger partial charge in [0.1, 0.15) is 6.61 Å². The summed E-state index contributed by atoms with van der Waals surface area (Å²) < 4.78 is 12.6. The van der Waals surface area contributed by atoms with Crippen molar-refractivity contribution >= 4 is 39.1 Å². The summed E-state index contributed by atoms with van der Waals surface area (Å²) in [5.74, 6) is 2.00. The zero-order chi connectivity index (χ0) is 19.1. The van der Waals surface area contributed by atoms with Gasteiger partial charge in [-0.05, 0) is 65.1 Å². The second kappa shape index (κ2) is 10.4. The number of ether oxygens (including phenoxy) is 2. The molecule has 2 aromatic carbocycles. The van der Waals surface area contributed by atoms with Gasteiger partial charge in [0.15, 0.2) is 11.5 Å². The lowest BCUT2D eigenvalue weighted by molar-refractivity contribution is 0.267. The minimum absolute atomic E-state index is 0.333.